The smallest absolute Gasteiger partial charge is 0.163 e. The monoisotopic (exact) mass is 220 g/mol. The molecule has 0 amide bonds. The number of hydrogen-bond acceptors (Lipinski definition) is 3. The summed E-state index contributed by atoms with van der Waals surface area (Å²) in [4.78, 5) is 11.6. The van der Waals surface area contributed by atoms with Crippen molar-refractivity contribution in [1.29, 1.82) is 0 Å². The van der Waals surface area contributed by atoms with Crippen LogP contribution in [-0.4, -0.2) is 20.0 Å². The van der Waals surface area contributed by atoms with Crippen molar-refractivity contribution < 1.29 is 14.3 Å². The molecule has 0 fully saturated rings. The van der Waals surface area contributed by atoms with Crippen molar-refractivity contribution in [2.75, 3.05) is 14.2 Å². The molecule has 1 aromatic carbocycles. The van der Waals surface area contributed by atoms with Gasteiger partial charge in [-0.1, -0.05) is 6.08 Å². The molecule has 0 aliphatic rings. The van der Waals surface area contributed by atoms with Gasteiger partial charge in [0, 0.05) is 6.07 Å². The van der Waals surface area contributed by atoms with E-state index in [1.165, 1.54) is 6.92 Å². The number of rotatable bonds is 5. The summed E-state index contributed by atoms with van der Waals surface area (Å²) in [6, 6.07) is 3.55. The molecule has 3 heteroatoms. The average Bonchev–Trinajstić information content (AvgIpc) is 2.27. The number of methoxy groups -OCH3 is 2. The molecule has 3 nitrogen and oxygen atoms in total. The van der Waals surface area contributed by atoms with Crippen LogP contribution in [0, 0.1) is 0 Å². The van der Waals surface area contributed by atoms with E-state index in [-0.39, 0.29) is 5.78 Å². The lowest BCUT2D eigenvalue weighted by atomic mass is 10.00. The van der Waals surface area contributed by atoms with Gasteiger partial charge in [0.05, 0.1) is 19.8 Å². The number of carbonyl (C=O) groups is 1. The highest BCUT2D eigenvalue weighted by atomic mass is 16.5. The first-order valence-electron chi connectivity index (χ1n) is 5.00. The number of Topliss-reactive ketones (excluding diaryl/α,β-unsaturated/α-hetero) is 1. The molecule has 0 aliphatic carbocycles. The van der Waals surface area contributed by atoms with Crippen molar-refractivity contribution >= 4 is 5.78 Å². The molecule has 0 saturated heterocycles. The molecular weight excluding hydrogens is 204 g/mol. The normalized spacial score (nSPS) is 9.69. The van der Waals surface area contributed by atoms with E-state index < -0.39 is 0 Å². The van der Waals surface area contributed by atoms with Gasteiger partial charge in [-0.15, -0.1) is 6.58 Å². The Balaban J connectivity index is 3.40. The highest BCUT2D eigenvalue weighted by Gasteiger charge is 2.15. The van der Waals surface area contributed by atoms with Gasteiger partial charge in [0.25, 0.3) is 0 Å². The maximum Gasteiger partial charge on any atom is 0.163 e. The molecule has 0 aromatic heterocycles. The van der Waals surface area contributed by atoms with E-state index in [1.807, 2.05) is 6.07 Å². The fourth-order valence-corrected chi connectivity index (χ4v) is 1.64. The van der Waals surface area contributed by atoms with Crippen molar-refractivity contribution in [2.45, 2.75) is 13.3 Å². The van der Waals surface area contributed by atoms with Crippen LogP contribution >= 0.6 is 0 Å². The summed E-state index contributed by atoms with van der Waals surface area (Å²) >= 11 is 0. The highest BCUT2D eigenvalue weighted by molar-refractivity contribution is 5.98. The lowest BCUT2D eigenvalue weighted by Crippen LogP contribution is -2.03. The van der Waals surface area contributed by atoms with Gasteiger partial charge < -0.3 is 9.47 Å². The highest BCUT2D eigenvalue weighted by Crippen LogP contribution is 2.29. The Morgan fingerprint density at radius 3 is 2.50 bits per heavy atom. The van der Waals surface area contributed by atoms with Crippen LogP contribution in [0.25, 0.3) is 0 Å². The summed E-state index contributed by atoms with van der Waals surface area (Å²) < 4.78 is 10.4. The Labute approximate surface area is 95.7 Å². The van der Waals surface area contributed by atoms with Gasteiger partial charge in [-0.05, 0) is 25.0 Å². The maximum absolute atomic E-state index is 11.6. The molecule has 0 radical (unpaired) electrons. The number of ketones is 1. The molecule has 0 unspecified atom stereocenters. The molecule has 0 heterocycles. The lowest BCUT2D eigenvalue weighted by Gasteiger charge is -2.12. The second-order valence-corrected chi connectivity index (χ2v) is 3.41. The van der Waals surface area contributed by atoms with Gasteiger partial charge in [0.2, 0.25) is 0 Å². The zero-order valence-electron chi connectivity index (χ0n) is 9.87. The van der Waals surface area contributed by atoms with Gasteiger partial charge >= 0.3 is 0 Å². The summed E-state index contributed by atoms with van der Waals surface area (Å²) in [7, 11) is 3.12. The third-order valence-electron chi connectivity index (χ3n) is 2.33. The van der Waals surface area contributed by atoms with E-state index in [0.717, 1.165) is 5.56 Å². The number of benzene rings is 1. The molecule has 1 rings (SSSR count). The minimum Gasteiger partial charge on any atom is -0.497 e. The number of carbonyl (C=O) groups excluding carboxylic acids is 1. The van der Waals surface area contributed by atoms with E-state index in [0.29, 0.717) is 23.5 Å². The first kappa shape index (κ1) is 12.3. The molecule has 0 N–H and O–H groups in total. The predicted molar refractivity (Wildman–Crippen MR) is 63.5 cm³/mol. The summed E-state index contributed by atoms with van der Waals surface area (Å²) in [6.45, 7) is 5.20. The van der Waals surface area contributed by atoms with Crippen LogP contribution in [0.2, 0.25) is 0 Å². The van der Waals surface area contributed by atoms with Gasteiger partial charge in [0.1, 0.15) is 11.5 Å². The van der Waals surface area contributed by atoms with Crippen LogP contribution in [0.15, 0.2) is 24.8 Å². The first-order valence-corrected chi connectivity index (χ1v) is 5.00. The quantitative estimate of drug-likeness (QED) is 0.565. The molecule has 0 atom stereocenters. The second kappa shape index (κ2) is 5.35. The molecule has 86 valence electrons. The number of ether oxygens (including phenoxy) is 2. The van der Waals surface area contributed by atoms with Gasteiger partial charge in [0.15, 0.2) is 5.78 Å². The fourth-order valence-electron chi connectivity index (χ4n) is 1.64. The zero-order chi connectivity index (χ0) is 12.1. The third-order valence-corrected chi connectivity index (χ3v) is 2.33. The predicted octanol–water partition coefficient (Wildman–Crippen LogP) is 2.63. The zero-order valence-corrected chi connectivity index (χ0v) is 9.87. The summed E-state index contributed by atoms with van der Waals surface area (Å²) in [5, 5.41) is 0. The Kier molecular flexibility index (Phi) is 4.11. The Morgan fingerprint density at radius 1 is 1.38 bits per heavy atom. The van der Waals surface area contributed by atoms with Gasteiger partial charge in [-0.25, -0.2) is 0 Å². The Morgan fingerprint density at radius 2 is 2.06 bits per heavy atom. The van der Waals surface area contributed by atoms with Crippen LogP contribution in [-0.2, 0) is 6.42 Å². The van der Waals surface area contributed by atoms with E-state index in [4.69, 9.17) is 9.47 Å². The van der Waals surface area contributed by atoms with E-state index >= 15 is 0 Å². The number of hydrogen-bond donors (Lipinski definition) is 0. The standard InChI is InChI=1S/C13H16O3/c1-5-6-10-7-11(15-3)8-12(16-4)13(10)9(2)14/h5,7-8H,1,6H2,2-4H3. The molecule has 0 saturated carbocycles. The number of allylic oxidation sites excluding steroid dienone is 1. The summed E-state index contributed by atoms with van der Waals surface area (Å²) in [5.41, 5.74) is 1.47. The topological polar surface area (TPSA) is 35.5 Å². The van der Waals surface area contributed by atoms with E-state index in [9.17, 15) is 4.79 Å². The van der Waals surface area contributed by atoms with E-state index in [1.54, 1.807) is 26.4 Å². The Bertz CT molecular complexity index is 408. The maximum atomic E-state index is 11.6. The van der Waals surface area contributed by atoms with Crippen molar-refractivity contribution in [3.05, 3.63) is 35.9 Å². The molecule has 1 aromatic rings. The summed E-state index contributed by atoms with van der Waals surface area (Å²) in [6.07, 6.45) is 2.36. The van der Waals surface area contributed by atoms with Crippen LogP contribution in [0.5, 0.6) is 11.5 Å². The Hall–Kier alpha value is -1.77. The van der Waals surface area contributed by atoms with Gasteiger partial charge in [-0.3, -0.25) is 4.79 Å². The van der Waals surface area contributed by atoms with E-state index in [2.05, 4.69) is 6.58 Å². The van der Waals surface area contributed by atoms with Crippen LogP contribution in [0.3, 0.4) is 0 Å². The molecule has 0 spiro atoms. The molecule has 16 heavy (non-hydrogen) atoms. The van der Waals surface area contributed by atoms with Crippen molar-refractivity contribution in [3.8, 4) is 11.5 Å². The first-order chi connectivity index (χ1) is 7.63. The minimum absolute atomic E-state index is 0.0173. The average molecular weight is 220 g/mol. The molecular formula is C13H16O3. The lowest BCUT2D eigenvalue weighted by molar-refractivity contribution is 0.101. The van der Waals surface area contributed by atoms with Crippen molar-refractivity contribution in [3.63, 3.8) is 0 Å². The molecule has 0 aliphatic heterocycles. The van der Waals surface area contributed by atoms with Crippen LogP contribution in [0.1, 0.15) is 22.8 Å². The third kappa shape index (κ3) is 2.42. The largest absolute Gasteiger partial charge is 0.497 e. The SMILES string of the molecule is C=CCc1cc(OC)cc(OC)c1C(C)=O. The molecule has 0 bridgehead atoms. The van der Waals surface area contributed by atoms with Crippen LogP contribution in [0.4, 0.5) is 0 Å². The van der Waals surface area contributed by atoms with Crippen molar-refractivity contribution in [1.82, 2.24) is 0 Å². The minimum atomic E-state index is -0.0173. The van der Waals surface area contributed by atoms with Gasteiger partial charge in [-0.2, -0.15) is 0 Å². The van der Waals surface area contributed by atoms with Crippen LogP contribution < -0.4 is 9.47 Å². The summed E-state index contributed by atoms with van der Waals surface area (Å²) in [5.74, 6) is 1.21. The van der Waals surface area contributed by atoms with Crippen molar-refractivity contribution in [2.24, 2.45) is 0 Å². The fraction of sp³-hybridized carbons (Fsp3) is 0.308. The second-order valence-electron chi connectivity index (χ2n) is 3.41.